The number of thiocarbonyl (C=S) groups is 1. The van der Waals surface area contributed by atoms with Crippen LogP contribution < -0.4 is 0 Å². The molecule has 0 aromatic carbocycles. The lowest BCUT2D eigenvalue weighted by Crippen LogP contribution is -2.43. The maximum absolute atomic E-state index is 13.5. The van der Waals surface area contributed by atoms with Gasteiger partial charge in [-0.3, -0.25) is 0 Å². The molecule has 92 valence electrons. The van der Waals surface area contributed by atoms with Gasteiger partial charge in [0.1, 0.15) is 0 Å². The fourth-order valence-electron chi connectivity index (χ4n) is 0.911. The van der Waals surface area contributed by atoms with Crippen LogP contribution in [0.1, 0.15) is 20.3 Å². The molecule has 0 aliphatic heterocycles. The van der Waals surface area contributed by atoms with Crippen molar-refractivity contribution in [2.24, 2.45) is 0 Å². The van der Waals surface area contributed by atoms with E-state index in [9.17, 15) is 13.6 Å². The summed E-state index contributed by atoms with van der Waals surface area (Å²) in [5, 5.41) is -0.895. The normalized spacial score (nSPS) is 12.8. The molecule has 0 aliphatic rings. The number of hydrogen-bond acceptors (Lipinski definition) is 4. The number of halogens is 2. The van der Waals surface area contributed by atoms with E-state index in [2.05, 4.69) is 28.3 Å². The van der Waals surface area contributed by atoms with E-state index >= 15 is 0 Å². The molecule has 6 heteroatoms. The lowest BCUT2D eigenvalue weighted by molar-refractivity contribution is -0.159. The second-order valence-corrected chi connectivity index (χ2v) is 3.57. The fourth-order valence-corrected chi connectivity index (χ4v) is 1.04. The molecule has 0 saturated carbocycles. The Kier molecular flexibility index (Phi) is 5.50. The first-order chi connectivity index (χ1) is 7.27. The van der Waals surface area contributed by atoms with Gasteiger partial charge in [0.2, 0.25) is 5.05 Å². The molecule has 1 atom stereocenters. The fraction of sp³-hybridized carbons (Fsp3) is 0.600. The van der Waals surface area contributed by atoms with Crippen molar-refractivity contribution in [1.82, 2.24) is 0 Å². The van der Waals surface area contributed by atoms with Crippen molar-refractivity contribution in [3.05, 3.63) is 12.2 Å². The highest BCUT2D eigenvalue weighted by molar-refractivity contribution is 7.80. The van der Waals surface area contributed by atoms with E-state index in [1.807, 2.05) is 0 Å². The van der Waals surface area contributed by atoms with Crippen molar-refractivity contribution in [2.75, 3.05) is 7.11 Å². The molecule has 0 radical (unpaired) electrons. The highest BCUT2D eigenvalue weighted by Gasteiger charge is 2.47. The van der Waals surface area contributed by atoms with Crippen molar-refractivity contribution in [1.29, 1.82) is 0 Å². The SMILES string of the molecule is C=C(C)C(=O)OC(CC)C(F)(F)C(=S)OC. The molecule has 0 rings (SSSR count). The summed E-state index contributed by atoms with van der Waals surface area (Å²) in [6, 6.07) is 0. The second-order valence-electron chi connectivity index (χ2n) is 3.20. The average molecular weight is 252 g/mol. The van der Waals surface area contributed by atoms with Gasteiger partial charge in [0.15, 0.2) is 6.10 Å². The third-order valence-electron chi connectivity index (χ3n) is 1.83. The van der Waals surface area contributed by atoms with E-state index in [-0.39, 0.29) is 12.0 Å². The van der Waals surface area contributed by atoms with Crippen LogP contribution in [0.4, 0.5) is 8.78 Å². The van der Waals surface area contributed by atoms with Crippen LogP contribution in [0.3, 0.4) is 0 Å². The molecule has 0 saturated heterocycles. The summed E-state index contributed by atoms with van der Waals surface area (Å²) in [5.41, 5.74) is 0.0533. The van der Waals surface area contributed by atoms with E-state index in [0.717, 1.165) is 7.11 Å². The van der Waals surface area contributed by atoms with Gasteiger partial charge in [0.05, 0.1) is 7.11 Å². The van der Waals surface area contributed by atoms with Crippen LogP contribution in [0.2, 0.25) is 0 Å². The number of carbonyl (C=O) groups excluding carboxylic acids is 1. The van der Waals surface area contributed by atoms with Crippen LogP contribution in [0, 0.1) is 0 Å². The highest BCUT2D eigenvalue weighted by atomic mass is 32.1. The summed E-state index contributed by atoms with van der Waals surface area (Å²) in [7, 11) is 1.05. The maximum atomic E-state index is 13.5. The Morgan fingerprint density at radius 2 is 2.06 bits per heavy atom. The van der Waals surface area contributed by atoms with Crippen LogP contribution in [-0.4, -0.2) is 30.2 Å². The van der Waals surface area contributed by atoms with Crippen molar-refractivity contribution >= 4 is 23.2 Å². The number of ether oxygens (including phenoxy) is 2. The molecule has 0 aromatic heterocycles. The average Bonchev–Trinajstić information content (AvgIpc) is 2.23. The third-order valence-corrected chi connectivity index (χ3v) is 2.27. The lowest BCUT2D eigenvalue weighted by atomic mass is 10.1. The molecule has 0 N–H and O–H groups in total. The number of hydrogen-bond donors (Lipinski definition) is 0. The van der Waals surface area contributed by atoms with Gasteiger partial charge >= 0.3 is 11.9 Å². The zero-order chi connectivity index (χ0) is 12.9. The predicted octanol–water partition coefficient (Wildman–Crippen LogP) is 2.49. The molecule has 0 bridgehead atoms. The first kappa shape index (κ1) is 15.0. The van der Waals surface area contributed by atoms with Crippen molar-refractivity contribution in [2.45, 2.75) is 32.3 Å². The molecule has 16 heavy (non-hydrogen) atoms. The Morgan fingerprint density at radius 3 is 2.38 bits per heavy atom. The molecule has 3 nitrogen and oxygen atoms in total. The minimum absolute atomic E-state index is 0.0533. The molecular weight excluding hydrogens is 238 g/mol. The van der Waals surface area contributed by atoms with Crippen molar-refractivity contribution in [3.8, 4) is 0 Å². The van der Waals surface area contributed by atoms with Gasteiger partial charge in [-0.05, 0) is 25.6 Å². The largest absolute Gasteiger partial charge is 0.485 e. The van der Waals surface area contributed by atoms with Crippen LogP contribution in [0.15, 0.2) is 12.2 Å². The summed E-state index contributed by atoms with van der Waals surface area (Å²) in [4.78, 5) is 11.1. The Labute approximate surface area is 98.4 Å². The van der Waals surface area contributed by atoms with E-state index in [0.29, 0.717) is 0 Å². The number of carbonyl (C=O) groups is 1. The Morgan fingerprint density at radius 1 is 1.56 bits per heavy atom. The summed E-state index contributed by atoms with van der Waals surface area (Å²) in [5.74, 6) is -4.35. The molecule has 1 unspecified atom stereocenters. The van der Waals surface area contributed by atoms with E-state index in [4.69, 9.17) is 0 Å². The van der Waals surface area contributed by atoms with Crippen LogP contribution >= 0.6 is 12.2 Å². The van der Waals surface area contributed by atoms with Crippen molar-refractivity contribution in [3.63, 3.8) is 0 Å². The molecular formula is C10H14F2O3S. The van der Waals surface area contributed by atoms with E-state index in [1.54, 1.807) is 0 Å². The molecule has 0 aromatic rings. The second kappa shape index (κ2) is 5.89. The molecule has 0 amide bonds. The quantitative estimate of drug-likeness (QED) is 0.428. The van der Waals surface area contributed by atoms with Gasteiger partial charge in [0, 0.05) is 5.57 Å². The third kappa shape index (κ3) is 3.52. The van der Waals surface area contributed by atoms with Gasteiger partial charge in [-0.15, -0.1) is 0 Å². The minimum Gasteiger partial charge on any atom is -0.485 e. The number of alkyl halides is 2. The molecule has 0 fully saturated rings. The molecule has 0 aliphatic carbocycles. The number of rotatable bonds is 5. The number of esters is 1. The monoisotopic (exact) mass is 252 g/mol. The Hall–Kier alpha value is -1.04. The van der Waals surface area contributed by atoms with Gasteiger partial charge in [-0.1, -0.05) is 13.5 Å². The summed E-state index contributed by atoms with van der Waals surface area (Å²) >= 11 is 4.37. The maximum Gasteiger partial charge on any atom is 0.350 e. The topological polar surface area (TPSA) is 35.5 Å². The van der Waals surface area contributed by atoms with Gasteiger partial charge < -0.3 is 9.47 Å². The minimum atomic E-state index is -3.48. The zero-order valence-electron chi connectivity index (χ0n) is 9.38. The van der Waals surface area contributed by atoms with Gasteiger partial charge in [-0.2, -0.15) is 8.78 Å². The molecule has 0 spiro atoms. The predicted molar refractivity (Wildman–Crippen MR) is 59.5 cm³/mol. The molecule has 0 heterocycles. The van der Waals surface area contributed by atoms with Crippen LogP contribution in [0.25, 0.3) is 0 Å². The lowest BCUT2D eigenvalue weighted by Gasteiger charge is -2.25. The van der Waals surface area contributed by atoms with E-state index in [1.165, 1.54) is 13.8 Å². The van der Waals surface area contributed by atoms with Crippen LogP contribution in [0.5, 0.6) is 0 Å². The van der Waals surface area contributed by atoms with Crippen LogP contribution in [-0.2, 0) is 14.3 Å². The smallest absolute Gasteiger partial charge is 0.350 e. The summed E-state index contributed by atoms with van der Waals surface area (Å²) in [6.45, 7) is 6.14. The van der Waals surface area contributed by atoms with Gasteiger partial charge in [0.25, 0.3) is 0 Å². The van der Waals surface area contributed by atoms with Gasteiger partial charge in [-0.25, -0.2) is 4.79 Å². The summed E-state index contributed by atoms with van der Waals surface area (Å²) in [6.07, 6.45) is -1.71. The Bertz CT molecular complexity index is 302. The first-order valence-electron chi connectivity index (χ1n) is 4.60. The first-order valence-corrected chi connectivity index (χ1v) is 5.00. The Balaban J connectivity index is 4.79. The van der Waals surface area contributed by atoms with E-state index < -0.39 is 23.0 Å². The van der Waals surface area contributed by atoms with Crippen molar-refractivity contribution < 1.29 is 23.0 Å². The number of methoxy groups -OCH3 is 1. The summed E-state index contributed by atoms with van der Waals surface area (Å²) < 4.78 is 36.0. The zero-order valence-corrected chi connectivity index (χ0v) is 10.2. The standard InChI is InChI=1S/C10H14F2O3S/c1-5-7(15-8(13)6(2)3)10(11,12)9(16)14-4/h7H,2,5H2,1,3-4H3. The highest BCUT2D eigenvalue weighted by Crippen LogP contribution is 2.27.